The van der Waals surface area contributed by atoms with Crippen LogP contribution in [-0.2, 0) is 14.8 Å². The maximum absolute atomic E-state index is 12.9. The highest BCUT2D eigenvalue weighted by molar-refractivity contribution is 7.89. The number of aryl methyl sites for hydroxylation is 2. The summed E-state index contributed by atoms with van der Waals surface area (Å²) in [6.45, 7) is 12.8. The van der Waals surface area contributed by atoms with E-state index in [9.17, 15) is 13.2 Å². The Labute approximate surface area is 157 Å². The quantitative estimate of drug-likeness (QED) is 0.746. The van der Waals surface area contributed by atoms with Crippen molar-refractivity contribution < 1.29 is 18.1 Å². The zero-order valence-corrected chi connectivity index (χ0v) is 17.3. The van der Waals surface area contributed by atoms with Crippen LogP contribution in [-0.4, -0.2) is 57.4 Å². The molecule has 0 unspecified atom stereocenters. The Bertz CT molecular complexity index is 738. The molecule has 146 valence electrons. The molecule has 1 amide bonds. The second-order valence-corrected chi connectivity index (χ2v) is 9.61. The molecule has 0 bridgehead atoms. The first-order valence-electron chi connectivity index (χ1n) is 9.32. The van der Waals surface area contributed by atoms with Gasteiger partial charge in [0.2, 0.25) is 10.0 Å². The number of nitrogens with one attached hydrogen (secondary N) is 2. The fourth-order valence-electron chi connectivity index (χ4n) is 3.11. The van der Waals surface area contributed by atoms with Gasteiger partial charge in [-0.1, -0.05) is 19.9 Å². The number of rotatable bonds is 6. The molecule has 0 saturated carbocycles. The Morgan fingerprint density at radius 1 is 1.15 bits per heavy atom. The molecular formula is C19H32N3O3S+. The molecule has 1 saturated heterocycles. The predicted molar refractivity (Wildman–Crippen MR) is 103 cm³/mol. The number of quaternary nitrogens is 1. The zero-order valence-electron chi connectivity index (χ0n) is 16.5. The van der Waals surface area contributed by atoms with Crippen molar-refractivity contribution in [2.75, 3.05) is 32.7 Å². The Morgan fingerprint density at radius 2 is 1.77 bits per heavy atom. The Kier molecular flexibility index (Phi) is 6.82. The van der Waals surface area contributed by atoms with Gasteiger partial charge in [0.25, 0.3) is 5.91 Å². The summed E-state index contributed by atoms with van der Waals surface area (Å²) in [5.41, 5.74) is 2.06. The third-order valence-electron chi connectivity index (χ3n) is 5.17. The van der Waals surface area contributed by atoms with E-state index >= 15 is 0 Å². The van der Waals surface area contributed by atoms with Gasteiger partial charge >= 0.3 is 0 Å². The molecule has 0 aromatic heterocycles. The van der Waals surface area contributed by atoms with Gasteiger partial charge in [-0.2, -0.15) is 4.31 Å². The van der Waals surface area contributed by atoms with E-state index in [0.717, 1.165) is 16.0 Å². The fraction of sp³-hybridized carbons (Fsp3) is 0.632. The number of sulfonamides is 1. The lowest BCUT2D eigenvalue weighted by Gasteiger charge is -2.34. The normalized spacial score (nSPS) is 18.1. The van der Waals surface area contributed by atoms with Gasteiger partial charge in [-0.15, -0.1) is 0 Å². The molecular weight excluding hydrogens is 350 g/mol. The molecule has 0 aliphatic carbocycles. The van der Waals surface area contributed by atoms with Gasteiger partial charge in [0, 0.05) is 6.54 Å². The number of hydrogen-bond donors (Lipinski definition) is 2. The summed E-state index contributed by atoms with van der Waals surface area (Å²) in [7, 11) is -3.47. The highest BCUT2D eigenvalue weighted by atomic mass is 32.2. The van der Waals surface area contributed by atoms with Crippen LogP contribution in [0.15, 0.2) is 23.1 Å². The Morgan fingerprint density at radius 3 is 2.31 bits per heavy atom. The van der Waals surface area contributed by atoms with E-state index in [0.29, 0.717) is 43.5 Å². The molecule has 2 rings (SSSR count). The highest BCUT2D eigenvalue weighted by Gasteiger charge is 2.34. The lowest BCUT2D eigenvalue weighted by molar-refractivity contribution is -0.917. The third kappa shape index (κ3) is 4.84. The van der Waals surface area contributed by atoms with Gasteiger partial charge in [-0.05, 0) is 49.9 Å². The van der Waals surface area contributed by atoms with Crippen molar-refractivity contribution in [3.8, 4) is 0 Å². The fourth-order valence-corrected chi connectivity index (χ4v) is 4.64. The van der Waals surface area contributed by atoms with Crippen LogP contribution in [0.1, 0.15) is 31.9 Å². The Balaban J connectivity index is 1.98. The standard InChI is InChI=1S/C19H31N3O3S/c1-14(2)13-20-19(23)17(5)21-8-10-22(11-9-21)26(24,25)18-7-6-15(3)16(4)12-18/h6-7,12,14,17H,8-11,13H2,1-5H3,(H,20,23)/p+1/t17-/m1/s1. The van der Waals surface area contributed by atoms with Crippen LogP contribution in [0, 0.1) is 19.8 Å². The minimum atomic E-state index is -3.47. The summed E-state index contributed by atoms with van der Waals surface area (Å²) in [6, 6.07) is 5.11. The SMILES string of the molecule is Cc1ccc(S(=O)(=O)N2CC[NH+]([C@H](C)C(=O)NCC(C)C)CC2)cc1C. The maximum Gasteiger partial charge on any atom is 0.278 e. The number of hydrogen-bond acceptors (Lipinski definition) is 3. The van der Waals surface area contributed by atoms with E-state index in [1.165, 1.54) is 0 Å². The summed E-state index contributed by atoms with van der Waals surface area (Å²) in [4.78, 5) is 13.7. The number of piperazine rings is 1. The van der Waals surface area contributed by atoms with Gasteiger partial charge in [-0.3, -0.25) is 4.79 Å². The summed E-state index contributed by atoms with van der Waals surface area (Å²) in [5.74, 6) is 0.459. The van der Waals surface area contributed by atoms with Crippen molar-refractivity contribution in [1.82, 2.24) is 9.62 Å². The highest BCUT2D eigenvalue weighted by Crippen LogP contribution is 2.19. The monoisotopic (exact) mass is 382 g/mol. The minimum Gasteiger partial charge on any atom is -0.351 e. The largest absolute Gasteiger partial charge is 0.351 e. The van der Waals surface area contributed by atoms with E-state index in [1.54, 1.807) is 16.4 Å². The molecule has 7 heteroatoms. The molecule has 26 heavy (non-hydrogen) atoms. The lowest BCUT2D eigenvalue weighted by Crippen LogP contribution is -3.19. The van der Waals surface area contributed by atoms with E-state index in [1.807, 2.05) is 26.8 Å². The molecule has 1 aliphatic rings. The molecule has 1 fully saturated rings. The lowest BCUT2D eigenvalue weighted by atomic mass is 10.1. The van der Waals surface area contributed by atoms with Gasteiger partial charge in [0.15, 0.2) is 6.04 Å². The first kappa shape index (κ1) is 20.9. The molecule has 0 radical (unpaired) electrons. The van der Waals surface area contributed by atoms with Crippen LogP contribution in [0.4, 0.5) is 0 Å². The summed E-state index contributed by atoms with van der Waals surface area (Å²) in [5, 5.41) is 2.97. The topological polar surface area (TPSA) is 70.9 Å². The van der Waals surface area contributed by atoms with Crippen LogP contribution in [0.3, 0.4) is 0 Å². The summed E-state index contributed by atoms with van der Waals surface area (Å²) < 4.78 is 27.3. The number of benzene rings is 1. The van der Waals surface area contributed by atoms with Crippen LogP contribution in [0.5, 0.6) is 0 Å². The van der Waals surface area contributed by atoms with Crippen molar-refractivity contribution in [2.24, 2.45) is 5.92 Å². The van der Waals surface area contributed by atoms with E-state index in [2.05, 4.69) is 19.2 Å². The maximum atomic E-state index is 12.9. The van der Waals surface area contributed by atoms with Crippen molar-refractivity contribution in [3.05, 3.63) is 29.3 Å². The average Bonchev–Trinajstić information content (AvgIpc) is 2.61. The van der Waals surface area contributed by atoms with E-state index < -0.39 is 10.0 Å². The second-order valence-electron chi connectivity index (χ2n) is 7.67. The van der Waals surface area contributed by atoms with Gasteiger partial charge in [-0.25, -0.2) is 8.42 Å². The third-order valence-corrected chi connectivity index (χ3v) is 7.07. The zero-order chi connectivity index (χ0) is 19.5. The van der Waals surface area contributed by atoms with Crippen LogP contribution in [0.2, 0.25) is 0 Å². The smallest absolute Gasteiger partial charge is 0.278 e. The minimum absolute atomic E-state index is 0.0409. The Hall–Kier alpha value is -1.44. The molecule has 1 atom stereocenters. The van der Waals surface area contributed by atoms with Gasteiger partial charge in [0.1, 0.15) is 0 Å². The molecule has 1 aromatic carbocycles. The number of amides is 1. The van der Waals surface area contributed by atoms with Crippen molar-refractivity contribution in [1.29, 1.82) is 0 Å². The van der Waals surface area contributed by atoms with Crippen LogP contribution in [0.25, 0.3) is 0 Å². The van der Waals surface area contributed by atoms with Crippen LogP contribution >= 0.6 is 0 Å². The molecule has 1 heterocycles. The van der Waals surface area contributed by atoms with Crippen molar-refractivity contribution in [2.45, 2.75) is 45.6 Å². The van der Waals surface area contributed by atoms with E-state index in [4.69, 9.17) is 0 Å². The molecule has 6 nitrogen and oxygen atoms in total. The molecule has 2 N–H and O–H groups in total. The molecule has 1 aromatic rings. The molecule has 1 aliphatic heterocycles. The van der Waals surface area contributed by atoms with Crippen molar-refractivity contribution >= 4 is 15.9 Å². The number of carbonyl (C=O) groups excluding carboxylic acids is 1. The summed E-state index contributed by atoms with van der Waals surface area (Å²) >= 11 is 0. The number of nitrogens with zero attached hydrogens (tertiary/aromatic N) is 1. The average molecular weight is 383 g/mol. The molecule has 0 spiro atoms. The first-order valence-corrected chi connectivity index (χ1v) is 10.8. The second kappa shape index (κ2) is 8.50. The predicted octanol–water partition coefficient (Wildman–Crippen LogP) is 0.353. The summed E-state index contributed by atoms with van der Waals surface area (Å²) in [6.07, 6.45) is 0. The number of carbonyl (C=O) groups is 1. The van der Waals surface area contributed by atoms with Gasteiger partial charge < -0.3 is 10.2 Å². The van der Waals surface area contributed by atoms with E-state index in [-0.39, 0.29) is 11.9 Å². The van der Waals surface area contributed by atoms with Crippen LogP contribution < -0.4 is 10.2 Å². The first-order chi connectivity index (χ1) is 12.1. The van der Waals surface area contributed by atoms with Gasteiger partial charge in [0.05, 0.1) is 31.1 Å². The van der Waals surface area contributed by atoms with Crippen molar-refractivity contribution in [3.63, 3.8) is 0 Å².